The van der Waals surface area contributed by atoms with Crippen LogP contribution in [0, 0.1) is 0 Å². The first-order valence-electron chi connectivity index (χ1n) is 11.7. The normalized spacial score (nSPS) is 20.6. The minimum Gasteiger partial charge on any atom is -0.373 e. The second-order valence-corrected chi connectivity index (χ2v) is 8.68. The number of aromatic nitrogens is 2. The Hall–Kier alpha value is -2.43. The summed E-state index contributed by atoms with van der Waals surface area (Å²) in [6.07, 6.45) is 4.93. The summed E-state index contributed by atoms with van der Waals surface area (Å²) in [5.74, 6) is 0.959. The molecule has 2 unspecified atom stereocenters. The van der Waals surface area contributed by atoms with Crippen molar-refractivity contribution < 1.29 is 4.74 Å². The molecule has 180 valence electrons. The molecule has 0 aliphatic carbocycles. The van der Waals surface area contributed by atoms with E-state index in [0.29, 0.717) is 6.04 Å². The Morgan fingerprint density at radius 2 is 1.88 bits per heavy atom. The SMILES string of the molecule is CN=C(NCCc1ccc(-n2cccn2)cc1)N1CC2OCCN(Cc3ccccc3)C2C1.I. The molecule has 3 aromatic rings. The third-order valence-electron chi connectivity index (χ3n) is 6.56. The molecule has 2 saturated heterocycles. The lowest BCUT2D eigenvalue weighted by atomic mass is 10.1. The molecule has 3 heterocycles. The lowest BCUT2D eigenvalue weighted by Crippen LogP contribution is -2.50. The van der Waals surface area contributed by atoms with Gasteiger partial charge < -0.3 is 15.0 Å². The first kappa shape index (κ1) is 24.7. The van der Waals surface area contributed by atoms with Gasteiger partial charge in [0.2, 0.25) is 0 Å². The van der Waals surface area contributed by atoms with E-state index in [1.165, 1.54) is 11.1 Å². The van der Waals surface area contributed by atoms with Crippen LogP contribution >= 0.6 is 24.0 Å². The van der Waals surface area contributed by atoms with Crippen molar-refractivity contribution in [2.75, 3.05) is 39.8 Å². The average molecular weight is 572 g/mol. The van der Waals surface area contributed by atoms with E-state index in [-0.39, 0.29) is 30.1 Å². The van der Waals surface area contributed by atoms with Crippen LogP contribution in [0.5, 0.6) is 0 Å². The van der Waals surface area contributed by atoms with Gasteiger partial charge in [0.05, 0.1) is 24.4 Å². The summed E-state index contributed by atoms with van der Waals surface area (Å²) in [6.45, 7) is 5.41. The molecule has 0 radical (unpaired) electrons. The van der Waals surface area contributed by atoms with Crippen molar-refractivity contribution in [3.63, 3.8) is 0 Å². The predicted octanol–water partition coefficient (Wildman–Crippen LogP) is 3.19. The van der Waals surface area contributed by atoms with Crippen molar-refractivity contribution in [2.24, 2.45) is 4.99 Å². The van der Waals surface area contributed by atoms with Crippen LogP contribution in [-0.4, -0.2) is 77.5 Å². The summed E-state index contributed by atoms with van der Waals surface area (Å²) in [5, 5.41) is 7.85. The molecule has 2 aliphatic heterocycles. The zero-order chi connectivity index (χ0) is 22.5. The van der Waals surface area contributed by atoms with Gasteiger partial charge in [0.15, 0.2) is 5.96 Å². The summed E-state index contributed by atoms with van der Waals surface area (Å²) in [4.78, 5) is 9.48. The van der Waals surface area contributed by atoms with E-state index in [0.717, 1.165) is 57.4 Å². The molecule has 0 saturated carbocycles. The quantitative estimate of drug-likeness (QED) is 0.280. The average Bonchev–Trinajstić information content (AvgIpc) is 3.54. The highest BCUT2D eigenvalue weighted by Crippen LogP contribution is 2.24. The van der Waals surface area contributed by atoms with Gasteiger partial charge >= 0.3 is 0 Å². The Bertz CT molecular complexity index is 1040. The molecule has 7 nitrogen and oxygen atoms in total. The molecule has 2 atom stereocenters. The minimum absolute atomic E-state index is 0. The van der Waals surface area contributed by atoms with Gasteiger partial charge in [0, 0.05) is 52.2 Å². The van der Waals surface area contributed by atoms with E-state index in [4.69, 9.17) is 4.74 Å². The number of hydrogen-bond acceptors (Lipinski definition) is 4. The number of halogens is 1. The van der Waals surface area contributed by atoms with E-state index in [2.05, 4.69) is 79.8 Å². The number of nitrogens with zero attached hydrogens (tertiary/aromatic N) is 5. The van der Waals surface area contributed by atoms with Gasteiger partial charge in [-0.3, -0.25) is 9.89 Å². The standard InChI is InChI=1S/C26H32N6O.HI/c1-27-26(28-14-12-21-8-10-23(11-9-21)32-15-5-13-29-32)31-19-24-25(20-31)33-17-16-30(24)18-22-6-3-2-4-7-22;/h2-11,13,15,24-25H,12,14,16-20H2,1H3,(H,27,28);1H. The highest BCUT2D eigenvalue weighted by Gasteiger charge is 2.41. The Labute approximate surface area is 218 Å². The molecule has 8 heteroatoms. The van der Waals surface area contributed by atoms with Crippen molar-refractivity contribution in [1.29, 1.82) is 0 Å². The largest absolute Gasteiger partial charge is 0.373 e. The topological polar surface area (TPSA) is 57.9 Å². The first-order valence-corrected chi connectivity index (χ1v) is 11.7. The molecular weight excluding hydrogens is 539 g/mol. The second-order valence-electron chi connectivity index (χ2n) is 8.68. The van der Waals surface area contributed by atoms with Gasteiger partial charge in [0.1, 0.15) is 0 Å². The number of nitrogens with one attached hydrogen (secondary N) is 1. The number of ether oxygens (including phenoxy) is 1. The molecule has 2 aromatic carbocycles. The maximum Gasteiger partial charge on any atom is 0.193 e. The van der Waals surface area contributed by atoms with Crippen LogP contribution in [0.2, 0.25) is 0 Å². The molecule has 0 spiro atoms. The van der Waals surface area contributed by atoms with E-state index >= 15 is 0 Å². The Morgan fingerprint density at radius 3 is 2.62 bits per heavy atom. The van der Waals surface area contributed by atoms with E-state index in [1.54, 1.807) is 6.20 Å². The number of morpholine rings is 1. The molecular formula is C26H33IN6O. The van der Waals surface area contributed by atoms with Gasteiger partial charge in [-0.15, -0.1) is 24.0 Å². The monoisotopic (exact) mass is 572 g/mol. The van der Waals surface area contributed by atoms with Gasteiger partial charge in [-0.2, -0.15) is 5.10 Å². The number of fused-ring (bicyclic) bond motifs is 1. The number of hydrogen-bond donors (Lipinski definition) is 1. The highest BCUT2D eigenvalue weighted by atomic mass is 127. The molecule has 2 fully saturated rings. The third-order valence-corrected chi connectivity index (χ3v) is 6.56. The lowest BCUT2D eigenvalue weighted by Gasteiger charge is -2.36. The number of benzene rings is 2. The van der Waals surface area contributed by atoms with Crippen LogP contribution in [0.15, 0.2) is 78.0 Å². The maximum absolute atomic E-state index is 6.14. The van der Waals surface area contributed by atoms with E-state index in [1.807, 2.05) is 24.0 Å². The summed E-state index contributed by atoms with van der Waals surface area (Å²) in [7, 11) is 1.87. The molecule has 1 aromatic heterocycles. The van der Waals surface area contributed by atoms with Gasteiger partial charge in [-0.05, 0) is 35.7 Å². The van der Waals surface area contributed by atoms with Crippen LogP contribution in [0.1, 0.15) is 11.1 Å². The molecule has 0 bridgehead atoms. The fraction of sp³-hybridized carbons (Fsp3) is 0.385. The summed E-state index contributed by atoms with van der Waals surface area (Å²) in [5.41, 5.74) is 3.73. The molecule has 0 amide bonds. The van der Waals surface area contributed by atoms with E-state index in [9.17, 15) is 0 Å². The molecule has 34 heavy (non-hydrogen) atoms. The highest BCUT2D eigenvalue weighted by molar-refractivity contribution is 14.0. The Kier molecular flexibility index (Phi) is 8.58. The molecule has 5 rings (SSSR count). The number of rotatable bonds is 6. The zero-order valence-corrected chi connectivity index (χ0v) is 21.9. The van der Waals surface area contributed by atoms with Gasteiger partial charge in [-0.25, -0.2) is 4.68 Å². The first-order chi connectivity index (χ1) is 16.3. The zero-order valence-electron chi connectivity index (χ0n) is 19.6. The van der Waals surface area contributed by atoms with Crippen molar-refractivity contribution in [1.82, 2.24) is 24.9 Å². The fourth-order valence-electron chi connectivity index (χ4n) is 4.83. The molecule has 2 aliphatic rings. The van der Waals surface area contributed by atoms with Crippen LogP contribution in [0.4, 0.5) is 0 Å². The smallest absolute Gasteiger partial charge is 0.193 e. The summed E-state index contributed by atoms with van der Waals surface area (Å²) in [6, 6.07) is 21.6. The summed E-state index contributed by atoms with van der Waals surface area (Å²) < 4.78 is 8.01. The van der Waals surface area contributed by atoms with Crippen LogP contribution in [0.25, 0.3) is 5.69 Å². The van der Waals surface area contributed by atoms with Gasteiger partial charge in [0.25, 0.3) is 0 Å². The minimum atomic E-state index is 0. The maximum atomic E-state index is 6.14. The van der Waals surface area contributed by atoms with Crippen LogP contribution in [-0.2, 0) is 17.7 Å². The van der Waals surface area contributed by atoms with Crippen molar-refractivity contribution >= 4 is 29.9 Å². The molecule has 1 N–H and O–H groups in total. The van der Waals surface area contributed by atoms with Crippen LogP contribution < -0.4 is 5.32 Å². The second kappa shape index (κ2) is 11.8. The number of aliphatic imine (C=N–C) groups is 1. The van der Waals surface area contributed by atoms with Crippen molar-refractivity contribution in [2.45, 2.75) is 25.1 Å². The van der Waals surface area contributed by atoms with Crippen molar-refractivity contribution in [3.8, 4) is 5.69 Å². The van der Waals surface area contributed by atoms with Crippen LogP contribution in [0.3, 0.4) is 0 Å². The number of guanidine groups is 1. The number of likely N-dealkylation sites (tertiary alicyclic amines) is 1. The third kappa shape index (κ3) is 5.79. The van der Waals surface area contributed by atoms with Gasteiger partial charge in [-0.1, -0.05) is 42.5 Å². The van der Waals surface area contributed by atoms with Crippen molar-refractivity contribution in [3.05, 3.63) is 84.2 Å². The fourth-order valence-corrected chi connectivity index (χ4v) is 4.83. The summed E-state index contributed by atoms with van der Waals surface area (Å²) >= 11 is 0. The lowest BCUT2D eigenvalue weighted by molar-refractivity contribution is -0.0502. The Balaban J connectivity index is 0.00000274. The van der Waals surface area contributed by atoms with E-state index < -0.39 is 0 Å². The predicted molar refractivity (Wildman–Crippen MR) is 146 cm³/mol. The Morgan fingerprint density at radius 1 is 1.06 bits per heavy atom.